The molecule has 2 aliphatic rings. The lowest BCUT2D eigenvalue weighted by molar-refractivity contribution is 0.354. The number of rotatable bonds is 1. The highest BCUT2D eigenvalue weighted by molar-refractivity contribution is 5.63. The molecule has 1 aromatic carbocycles. The van der Waals surface area contributed by atoms with Gasteiger partial charge in [-0.3, -0.25) is 0 Å². The lowest BCUT2D eigenvalue weighted by Crippen LogP contribution is -2.32. The normalized spacial score (nSPS) is 20.7. The third-order valence-electron chi connectivity index (χ3n) is 3.82. The molecule has 0 unspecified atom stereocenters. The van der Waals surface area contributed by atoms with Gasteiger partial charge in [-0.15, -0.1) is 0 Å². The van der Waals surface area contributed by atoms with Gasteiger partial charge in [-0.05, 0) is 30.4 Å². The molecule has 0 amide bonds. The van der Waals surface area contributed by atoms with Crippen molar-refractivity contribution in [3.05, 3.63) is 23.8 Å². The monoisotopic (exact) mass is 217 g/mol. The Kier molecular flexibility index (Phi) is 2.50. The molecule has 0 saturated carbocycles. The summed E-state index contributed by atoms with van der Waals surface area (Å²) < 4.78 is 5.77. The molecule has 0 atom stereocenters. The van der Waals surface area contributed by atoms with Crippen LogP contribution in [0.1, 0.15) is 25.3 Å². The molecule has 0 radical (unpaired) electrons. The molecule has 3 rings (SSSR count). The molecule has 0 bridgehead atoms. The Balaban J connectivity index is 1.87. The highest BCUT2D eigenvalue weighted by Crippen LogP contribution is 2.37. The summed E-state index contributed by atoms with van der Waals surface area (Å²) in [7, 11) is 0. The second-order valence-electron chi connectivity index (χ2n) is 5.03. The van der Waals surface area contributed by atoms with Crippen molar-refractivity contribution >= 4 is 5.69 Å². The van der Waals surface area contributed by atoms with E-state index < -0.39 is 0 Å². The Labute approximate surface area is 97.2 Å². The van der Waals surface area contributed by atoms with Crippen molar-refractivity contribution in [1.82, 2.24) is 0 Å². The first-order valence-corrected chi connectivity index (χ1v) is 6.34. The average Bonchev–Trinajstić information content (AvgIpc) is 2.78. The summed E-state index contributed by atoms with van der Waals surface area (Å²) in [6.07, 6.45) is 3.70. The standard InChI is InChI=1S/C14H19NO/c1-11-5-8-15(9-6-11)13-4-2-3-12-7-10-16-14(12)13/h2-4,11H,5-10H2,1H3. The van der Waals surface area contributed by atoms with Crippen molar-refractivity contribution < 1.29 is 4.74 Å². The van der Waals surface area contributed by atoms with Crippen molar-refractivity contribution in [3.63, 3.8) is 0 Å². The van der Waals surface area contributed by atoms with Gasteiger partial charge < -0.3 is 9.64 Å². The molecular formula is C14H19NO. The van der Waals surface area contributed by atoms with Crippen LogP contribution in [0.25, 0.3) is 0 Å². The average molecular weight is 217 g/mol. The summed E-state index contributed by atoms with van der Waals surface area (Å²) in [6, 6.07) is 6.57. The zero-order valence-corrected chi connectivity index (χ0v) is 9.91. The van der Waals surface area contributed by atoms with Crippen LogP contribution in [-0.4, -0.2) is 19.7 Å². The molecule has 16 heavy (non-hydrogen) atoms. The van der Waals surface area contributed by atoms with Crippen LogP contribution in [0.15, 0.2) is 18.2 Å². The largest absolute Gasteiger partial charge is 0.491 e. The smallest absolute Gasteiger partial charge is 0.145 e. The summed E-state index contributed by atoms with van der Waals surface area (Å²) in [5, 5.41) is 0. The van der Waals surface area contributed by atoms with Gasteiger partial charge in [0.15, 0.2) is 0 Å². The number of hydrogen-bond donors (Lipinski definition) is 0. The van der Waals surface area contributed by atoms with Gasteiger partial charge in [-0.25, -0.2) is 0 Å². The van der Waals surface area contributed by atoms with Crippen molar-refractivity contribution in [1.29, 1.82) is 0 Å². The van der Waals surface area contributed by atoms with Crippen LogP contribution in [0.5, 0.6) is 5.75 Å². The molecule has 0 aliphatic carbocycles. The lowest BCUT2D eigenvalue weighted by Gasteiger charge is -2.32. The second-order valence-corrected chi connectivity index (χ2v) is 5.03. The van der Waals surface area contributed by atoms with E-state index in [1.807, 2.05) is 0 Å². The van der Waals surface area contributed by atoms with Crippen LogP contribution in [0.2, 0.25) is 0 Å². The van der Waals surface area contributed by atoms with Crippen molar-refractivity contribution in [2.45, 2.75) is 26.2 Å². The lowest BCUT2D eigenvalue weighted by atomic mass is 9.98. The SMILES string of the molecule is CC1CCN(c2cccc3c2OCC3)CC1. The fourth-order valence-corrected chi connectivity index (χ4v) is 2.70. The van der Waals surface area contributed by atoms with Crippen LogP contribution in [0, 0.1) is 5.92 Å². The number of hydrogen-bond acceptors (Lipinski definition) is 2. The van der Waals surface area contributed by atoms with E-state index in [9.17, 15) is 0 Å². The van der Waals surface area contributed by atoms with Gasteiger partial charge in [0, 0.05) is 19.5 Å². The molecule has 2 nitrogen and oxygen atoms in total. The van der Waals surface area contributed by atoms with Gasteiger partial charge in [0.25, 0.3) is 0 Å². The van der Waals surface area contributed by atoms with Crippen molar-refractivity contribution in [3.8, 4) is 5.75 Å². The molecule has 0 aromatic heterocycles. The van der Waals surface area contributed by atoms with Crippen LogP contribution in [0.4, 0.5) is 5.69 Å². The zero-order valence-electron chi connectivity index (χ0n) is 9.91. The number of anilines is 1. The van der Waals surface area contributed by atoms with Gasteiger partial charge in [-0.1, -0.05) is 19.1 Å². The summed E-state index contributed by atoms with van der Waals surface area (Å²) >= 11 is 0. The summed E-state index contributed by atoms with van der Waals surface area (Å²) in [5.41, 5.74) is 2.71. The highest BCUT2D eigenvalue weighted by Gasteiger charge is 2.22. The molecule has 1 aromatic rings. The Bertz CT molecular complexity index is 380. The number of benzene rings is 1. The van der Waals surface area contributed by atoms with E-state index in [-0.39, 0.29) is 0 Å². The van der Waals surface area contributed by atoms with Gasteiger partial charge in [-0.2, -0.15) is 0 Å². The third-order valence-corrected chi connectivity index (χ3v) is 3.82. The van der Waals surface area contributed by atoms with Crippen LogP contribution in [-0.2, 0) is 6.42 Å². The second kappa shape index (κ2) is 4.00. The first-order chi connectivity index (χ1) is 7.84. The van der Waals surface area contributed by atoms with Crippen molar-refractivity contribution in [2.75, 3.05) is 24.6 Å². The van der Waals surface area contributed by atoms with Gasteiger partial charge >= 0.3 is 0 Å². The van der Waals surface area contributed by atoms with E-state index in [2.05, 4.69) is 30.0 Å². The third kappa shape index (κ3) is 1.66. The maximum Gasteiger partial charge on any atom is 0.145 e. The fourth-order valence-electron chi connectivity index (χ4n) is 2.70. The summed E-state index contributed by atoms with van der Waals surface area (Å²) in [6.45, 7) is 5.57. The van der Waals surface area contributed by atoms with Crippen molar-refractivity contribution in [2.24, 2.45) is 5.92 Å². The molecule has 2 aliphatic heterocycles. The van der Waals surface area contributed by atoms with Crippen LogP contribution >= 0.6 is 0 Å². The number of ether oxygens (including phenoxy) is 1. The fraction of sp³-hybridized carbons (Fsp3) is 0.571. The number of piperidine rings is 1. The predicted molar refractivity (Wildman–Crippen MR) is 66.3 cm³/mol. The van der Waals surface area contributed by atoms with Crippen LogP contribution in [0.3, 0.4) is 0 Å². The predicted octanol–water partition coefficient (Wildman–Crippen LogP) is 2.86. The maximum atomic E-state index is 5.77. The summed E-state index contributed by atoms with van der Waals surface area (Å²) in [5.74, 6) is 2.03. The highest BCUT2D eigenvalue weighted by atomic mass is 16.5. The van der Waals surface area contributed by atoms with E-state index in [0.717, 1.165) is 24.7 Å². The Morgan fingerprint density at radius 1 is 1.25 bits per heavy atom. The van der Waals surface area contributed by atoms with Crippen LogP contribution < -0.4 is 9.64 Å². The Morgan fingerprint density at radius 2 is 2.06 bits per heavy atom. The van der Waals surface area contributed by atoms with E-state index in [4.69, 9.17) is 4.74 Å². The molecule has 0 spiro atoms. The number of nitrogens with zero attached hydrogens (tertiary/aromatic N) is 1. The first-order valence-electron chi connectivity index (χ1n) is 6.34. The topological polar surface area (TPSA) is 12.5 Å². The molecule has 1 saturated heterocycles. The molecule has 2 heteroatoms. The maximum absolute atomic E-state index is 5.77. The van der Waals surface area contributed by atoms with Gasteiger partial charge in [0.05, 0.1) is 12.3 Å². The molecule has 1 fully saturated rings. The minimum Gasteiger partial charge on any atom is -0.491 e. The first kappa shape index (κ1) is 10.0. The van der Waals surface area contributed by atoms with E-state index in [1.165, 1.54) is 37.2 Å². The van der Waals surface area contributed by atoms with E-state index in [0.29, 0.717) is 0 Å². The summed E-state index contributed by atoms with van der Waals surface area (Å²) in [4.78, 5) is 2.49. The minimum absolute atomic E-state index is 0.858. The zero-order chi connectivity index (χ0) is 11.0. The minimum atomic E-state index is 0.858. The molecule has 0 N–H and O–H groups in total. The van der Waals surface area contributed by atoms with E-state index >= 15 is 0 Å². The Hall–Kier alpha value is -1.18. The Morgan fingerprint density at radius 3 is 2.88 bits per heavy atom. The van der Waals surface area contributed by atoms with Gasteiger partial charge in [0.2, 0.25) is 0 Å². The molecule has 2 heterocycles. The quantitative estimate of drug-likeness (QED) is 0.717. The number of para-hydroxylation sites is 1. The molecular weight excluding hydrogens is 198 g/mol. The molecule has 86 valence electrons. The van der Waals surface area contributed by atoms with Gasteiger partial charge in [0.1, 0.15) is 5.75 Å². The number of fused-ring (bicyclic) bond motifs is 1. The van der Waals surface area contributed by atoms with E-state index in [1.54, 1.807) is 0 Å².